The molecule has 0 fully saturated rings. The first-order valence-corrected chi connectivity index (χ1v) is 5.77. The van der Waals surface area contributed by atoms with Crippen LogP contribution in [-0.2, 0) is 4.79 Å². The summed E-state index contributed by atoms with van der Waals surface area (Å²) >= 11 is 0. The van der Waals surface area contributed by atoms with Crippen LogP contribution in [0.2, 0.25) is 0 Å². The lowest BCUT2D eigenvalue weighted by Gasteiger charge is -2.13. The zero-order chi connectivity index (χ0) is 10.4. The lowest BCUT2D eigenvalue weighted by Crippen LogP contribution is -2.11. The van der Waals surface area contributed by atoms with Gasteiger partial charge in [0.25, 0.3) is 0 Å². The average molecular weight is 215 g/mol. The van der Waals surface area contributed by atoms with E-state index in [0.29, 0.717) is 5.75 Å². The summed E-state index contributed by atoms with van der Waals surface area (Å²) in [4.78, 5) is 10.0. The van der Waals surface area contributed by atoms with Crippen molar-refractivity contribution in [1.82, 2.24) is 5.09 Å². The highest BCUT2D eigenvalue weighted by atomic mass is 31.2. The van der Waals surface area contributed by atoms with Crippen molar-refractivity contribution in [2.75, 3.05) is 13.2 Å². The number of carbonyl (C=O) groups is 1. The van der Waals surface area contributed by atoms with Gasteiger partial charge in [-0.15, -0.1) is 0 Å². The van der Waals surface area contributed by atoms with Crippen LogP contribution in [0.15, 0.2) is 24.3 Å². The van der Waals surface area contributed by atoms with Gasteiger partial charge in [-0.25, -0.2) is 4.39 Å². The van der Waals surface area contributed by atoms with Gasteiger partial charge in [-0.1, -0.05) is 0 Å². The molecule has 0 bridgehead atoms. The highest BCUT2D eigenvalue weighted by Gasteiger charge is 2.02. The maximum atomic E-state index is 12.5. The van der Waals surface area contributed by atoms with E-state index in [9.17, 15) is 9.18 Å². The number of hydrogen-bond acceptors (Lipinski definition) is 3. The van der Waals surface area contributed by atoms with Crippen molar-refractivity contribution >= 4 is 14.6 Å². The number of aldehydes is 1. The molecule has 76 valence electrons. The second-order valence-corrected chi connectivity index (χ2v) is 4.07. The predicted octanol–water partition coefficient (Wildman–Crippen LogP) is 1.93. The Bertz CT molecular complexity index is 291. The van der Waals surface area contributed by atoms with Crippen molar-refractivity contribution in [2.24, 2.45) is 0 Å². The van der Waals surface area contributed by atoms with Gasteiger partial charge in [0, 0.05) is 6.66 Å². The van der Waals surface area contributed by atoms with Crippen molar-refractivity contribution in [3.05, 3.63) is 30.1 Å². The fraction of sp³-hybridized carbons (Fsp3) is 0.222. The highest BCUT2D eigenvalue weighted by Crippen LogP contribution is 2.29. The van der Waals surface area contributed by atoms with Crippen LogP contribution in [0.1, 0.15) is 0 Å². The van der Waals surface area contributed by atoms with Crippen LogP contribution in [0.5, 0.6) is 5.75 Å². The molecule has 0 heterocycles. The van der Waals surface area contributed by atoms with Crippen LogP contribution < -0.4 is 9.61 Å². The smallest absolute Gasteiger partial charge is 0.158 e. The standard InChI is InChI=1S/C9H11FNO2P/c1-14(11-6-7-12)13-9-4-2-8(10)3-5-9/h2-5,7,11H,6H2,1H3. The number of nitrogens with one attached hydrogen (secondary N) is 1. The van der Waals surface area contributed by atoms with E-state index >= 15 is 0 Å². The molecule has 5 heteroatoms. The number of benzene rings is 1. The zero-order valence-corrected chi connectivity index (χ0v) is 8.63. The van der Waals surface area contributed by atoms with Gasteiger partial charge in [-0.3, -0.25) is 5.09 Å². The molecule has 0 saturated carbocycles. The molecule has 14 heavy (non-hydrogen) atoms. The predicted molar refractivity (Wildman–Crippen MR) is 53.9 cm³/mol. The third kappa shape index (κ3) is 3.81. The summed E-state index contributed by atoms with van der Waals surface area (Å²) in [5, 5.41) is 2.88. The molecule has 0 aliphatic carbocycles. The molecule has 1 unspecified atom stereocenters. The summed E-state index contributed by atoms with van der Waals surface area (Å²) < 4.78 is 17.9. The van der Waals surface area contributed by atoms with Gasteiger partial charge in [0.05, 0.1) is 6.54 Å². The number of hydrogen-bond donors (Lipinski definition) is 1. The molecule has 0 spiro atoms. The van der Waals surface area contributed by atoms with Gasteiger partial charge in [-0.2, -0.15) is 0 Å². The summed E-state index contributed by atoms with van der Waals surface area (Å²) in [7, 11) is -0.876. The first-order chi connectivity index (χ1) is 6.72. The fourth-order valence-electron chi connectivity index (χ4n) is 0.852. The van der Waals surface area contributed by atoms with Gasteiger partial charge in [0.1, 0.15) is 17.9 Å². The van der Waals surface area contributed by atoms with Gasteiger partial charge in [0.15, 0.2) is 8.30 Å². The maximum Gasteiger partial charge on any atom is 0.158 e. The second-order valence-electron chi connectivity index (χ2n) is 2.57. The molecule has 1 aromatic rings. The van der Waals surface area contributed by atoms with Crippen LogP contribution in [-0.4, -0.2) is 19.5 Å². The van der Waals surface area contributed by atoms with Crippen molar-refractivity contribution < 1.29 is 13.7 Å². The first kappa shape index (κ1) is 11.1. The first-order valence-electron chi connectivity index (χ1n) is 4.07. The van der Waals surface area contributed by atoms with Crippen molar-refractivity contribution in [3.8, 4) is 5.75 Å². The SMILES string of the molecule is CP(NCC=O)Oc1ccc(F)cc1. The summed E-state index contributed by atoms with van der Waals surface area (Å²) in [5.74, 6) is 0.303. The summed E-state index contributed by atoms with van der Waals surface area (Å²) in [6.07, 6.45) is 0.771. The molecule has 3 nitrogen and oxygen atoms in total. The third-order valence-corrected chi connectivity index (χ3v) is 2.57. The van der Waals surface area contributed by atoms with Gasteiger partial charge in [-0.05, 0) is 24.3 Å². The number of rotatable bonds is 5. The fourth-order valence-corrected chi connectivity index (χ4v) is 1.69. The van der Waals surface area contributed by atoms with E-state index in [1.54, 1.807) is 12.1 Å². The van der Waals surface area contributed by atoms with Crippen molar-refractivity contribution in [2.45, 2.75) is 0 Å². The Morgan fingerprint density at radius 1 is 1.50 bits per heavy atom. The third-order valence-electron chi connectivity index (χ3n) is 1.45. The van der Waals surface area contributed by atoms with Crippen LogP contribution in [0.25, 0.3) is 0 Å². The van der Waals surface area contributed by atoms with Crippen LogP contribution >= 0.6 is 8.30 Å². The average Bonchev–Trinajstić information content (AvgIpc) is 2.18. The molecule has 0 aliphatic heterocycles. The molecule has 1 rings (SSSR count). The lowest BCUT2D eigenvalue weighted by atomic mass is 10.3. The van der Waals surface area contributed by atoms with Gasteiger partial charge in [0.2, 0.25) is 0 Å². The van der Waals surface area contributed by atoms with E-state index in [1.807, 2.05) is 6.66 Å². The summed E-state index contributed by atoms with van der Waals surface area (Å²) in [5.41, 5.74) is 0. The Kier molecular flexibility index (Phi) is 4.50. The Balaban J connectivity index is 2.43. The quantitative estimate of drug-likeness (QED) is 0.602. The van der Waals surface area contributed by atoms with Gasteiger partial charge >= 0.3 is 0 Å². The number of carbonyl (C=O) groups excluding carboxylic acids is 1. The molecule has 0 saturated heterocycles. The van der Waals surface area contributed by atoms with Gasteiger partial charge < -0.3 is 9.32 Å². The van der Waals surface area contributed by atoms with Crippen molar-refractivity contribution in [1.29, 1.82) is 0 Å². The molecule has 0 amide bonds. The second kappa shape index (κ2) is 5.68. The van der Waals surface area contributed by atoms with E-state index in [-0.39, 0.29) is 12.4 Å². The number of halogens is 1. The Labute approximate surface area is 83.2 Å². The molecular weight excluding hydrogens is 204 g/mol. The van der Waals surface area contributed by atoms with Crippen LogP contribution in [0, 0.1) is 5.82 Å². The van der Waals surface area contributed by atoms with E-state index in [4.69, 9.17) is 4.52 Å². The molecular formula is C9H11FNO2P. The Morgan fingerprint density at radius 2 is 2.14 bits per heavy atom. The minimum absolute atomic E-state index is 0.267. The molecule has 0 radical (unpaired) electrons. The zero-order valence-electron chi connectivity index (χ0n) is 7.74. The molecule has 1 N–H and O–H groups in total. The molecule has 0 aromatic heterocycles. The largest absolute Gasteiger partial charge is 0.459 e. The molecule has 1 atom stereocenters. The lowest BCUT2D eigenvalue weighted by molar-refractivity contribution is -0.106. The highest BCUT2D eigenvalue weighted by molar-refractivity contribution is 7.49. The van der Waals surface area contributed by atoms with E-state index in [1.165, 1.54) is 12.1 Å². The minimum atomic E-state index is -0.876. The van der Waals surface area contributed by atoms with Crippen LogP contribution in [0.4, 0.5) is 4.39 Å². The Hall–Kier alpha value is -0.990. The molecule has 0 aliphatic rings. The van der Waals surface area contributed by atoms with Crippen LogP contribution in [0.3, 0.4) is 0 Å². The summed E-state index contributed by atoms with van der Waals surface area (Å²) in [6.45, 7) is 2.10. The summed E-state index contributed by atoms with van der Waals surface area (Å²) in [6, 6.07) is 5.77. The van der Waals surface area contributed by atoms with Crippen molar-refractivity contribution in [3.63, 3.8) is 0 Å². The van der Waals surface area contributed by atoms with E-state index < -0.39 is 8.30 Å². The monoisotopic (exact) mass is 215 g/mol. The topological polar surface area (TPSA) is 38.3 Å². The normalized spacial score (nSPS) is 12.1. The molecule has 1 aromatic carbocycles. The van der Waals surface area contributed by atoms with E-state index in [0.717, 1.165) is 6.29 Å². The minimum Gasteiger partial charge on any atom is -0.459 e. The Morgan fingerprint density at radius 3 is 2.71 bits per heavy atom. The maximum absolute atomic E-state index is 12.5. The van der Waals surface area contributed by atoms with E-state index in [2.05, 4.69) is 5.09 Å².